The minimum atomic E-state index is -0.452. The van der Waals surface area contributed by atoms with Crippen LogP contribution in [0.4, 0.5) is 11.4 Å². The smallest absolute Gasteiger partial charge is 0.292 e. The molecule has 1 heterocycles. The summed E-state index contributed by atoms with van der Waals surface area (Å²) in [6.07, 6.45) is 2.00. The van der Waals surface area contributed by atoms with E-state index >= 15 is 0 Å². The lowest BCUT2D eigenvalue weighted by Gasteiger charge is -2.23. The molecule has 7 heteroatoms. The van der Waals surface area contributed by atoms with E-state index in [0.717, 1.165) is 12.8 Å². The van der Waals surface area contributed by atoms with Gasteiger partial charge in [0.25, 0.3) is 5.69 Å². The van der Waals surface area contributed by atoms with E-state index in [9.17, 15) is 20.0 Å². The third-order valence-corrected chi connectivity index (χ3v) is 3.66. The standard InChI is InChI=1S/C14H19N3O4/c18-10-11-4-3-9-16(11)14(19)7-8-15-12-5-1-2-6-13(12)17(20)21/h1-2,5-6,11,15,18H,3-4,7-10H2/t11-/m1/s1. The predicted octanol–water partition coefficient (Wildman–Crippen LogP) is 1.38. The fourth-order valence-electron chi connectivity index (χ4n) is 2.58. The van der Waals surface area contributed by atoms with Crippen molar-refractivity contribution in [2.45, 2.75) is 25.3 Å². The number of likely N-dealkylation sites (tertiary alicyclic amines) is 1. The molecule has 0 bridgehead atoms. The first-order chi connectivity index (χ1) is 10.1. The third kappa shape index (κ3) is 3.69. The van der Waals surface area contributed by atoms with Gasteiger partial charge in [-0.1, -0.05) is 12.1 Å². The van der Waals surface area contributed by atoms with Gasteiger partial charge >= 0.3 is 0 Å². The Balaban J connectivity index is 1.87. The third-order valence-electron chi connectivity index (χ3n) is 3.66. The highest BCUT2D eigenvalue weighted by Gasteiger charge is 2.27. The molecule has 1 aromatic rings. The number of anilines is 1. The fraction of sp³-hybridized carbons (Fsp3) is 0.500. The van der Waals surface area contributed by atoms with Crippen LogP contribution in [0.5, 0.6) is 0 Å². The van der Waals surface area contributed by atoms with Crippen molar-refractivity contribution in [3.63, 3.8) is 0 Å². The number of hydrogen-bond acceptors (Lipinski definition) is 5. The Hall–Kier alpha value is -2.15. The van der Waals surface area contributed by atoms with Crippen LogP contribution < -0.4 is 5.32 Å². The number of nitrogens with one attached hydrogen (secondary N) is 1. The second kappa shape index (κ2) is 7.03. The fourth-order valence-corrected chi connectivity index (χ4v) is 2.58. The molecule has 114 valence electrons. The van der Waals surface area contributed by atoms with E-state index in [-0.39, 0.29) is 30.7 Å². The molecule has 0 aromatic heterocycles. The van der Waals surface area contributed by atoms with Crippen molar-refractivity contribution in [2.24, 2.45) is 0 Å². The quantitative estimate of drug-likeness (QED) is 0.610. The average Bonchev–Trinajstić information content (AvgIpc) is 2.96. The highest BCUT2D eigenvalue weighted by molar-refractivity contribution is 5.77. The second-order valence-corrected chi connectivity index (χ2v) is 5.02. The molecule has 2 N–H and O–H groups in total. The van der Waals surface area contributed by atoms with Crippen LogP contribution in [0.15, 0.2) is 24.3 Å². The molecule has 0 spiro atoms. The molecule has 0 saturated carbocycles. The molecule has 2 rings (SSSR count). The van der Waals surface area contributed by atoms with E-state index in [2.05, 4.69) is 5.32 Å². The Labute approximate surface area is 122 Å². The summed E-state index contributed by atoms with van der Waals surface area (Å²) in [7, 11) is 0. The van der Waals surface area contributed by atoms with Crippen molar-refractivity contribution >= 4 is 17.3 Å². The van der Waals surface area contributed by atoms with Gasteiger partial charge in [-0.15, -0.1) is 0 Å². The van der Waals surface area contributed by atoms with Crippen molar-refractivity contribution in [2.75, 3.05) is 25.0 Å². The topological polar surface area (TPSA) is 95.7 Å². The van der Waals surface area contributed by atoms with Gasteiger partial charge in [0.2, 0.25) is 5.91 Å². The van der Waals surface area contributed by atoms with Crippen LogP contribution in [0.3, 0.4) is 0 Å². The summed E-state index contributed by atoms with van der Waals surface area (Å²) in [5.41, 5.74) is 0.412. The highest BCUT2D eigenvalue weighted by Crippen LogP contribution is 2.23. The number of nitrogens with zero attached hydrogens (tertiary/aromatic N) is 2. The summed E-state index contributed by atoms with van der Waals surface area (Å²) >= 11 is 0. The molecule has 21 heavy (non-hydrogen) atoms. The zero-order valence-corrected chi connectivity index (χ0v) is 11.7. The van der Waals surface area contributed by atoms with Crippen LogP contribution in [-0.2, 0) is 4.79 Å². The molecule has 0 aliphatic carbocycles. The van der Waals surface area contributed by atoms with E-state index in [4.69, 9.17) is 0 Å². The number of benzene rings is 1. The number of amides is 1. The van der Waals surface area contributed by atoms with Crippen LogP contribution in [0.1, 0.15) is 19.3 Å². The van der Waals surface area contributed by atoms with Gasteiger partial charge in [0.15, 0.2) is 0 Å². The molecule has 0 unspecified atom stereocenters. The Bertz CT molecular complexity index is 521. The minimum absolute atomic E-state index is 0.000596. The maximum atomic E-state index is 12.1. The first kappa shape index (κ1) is 15.2. The number of nitro benzene ring substituents is 1. The molecule has 0 radical (unpaired) electrons. The van der Waals surface area contributed by atoms with Crippen molar-refractivity contribution < 1.29 is 14.8 Å². The lowest BCUT2D eigenvalue weighted by atomic mass is 10.2. The van der Waals surface area contributed by atoms with E-state index < -0.39 is 4.92 Å². The Morgan fingerprint density at radius 1 is 1.48 bits per heavy atom. The van der Waals surface area contributed by atoms with Gasteiger partial charge in [-0.3, -0.25) is 14.9 Å². The van der Waals surface area contributed by atoms with Crippen molar-refractivity contribution in [1.29, 1.82) is 0 Å². The predicted molar refractivity (Wildman–Crippen MR) is 78.0 cm³/mol. The normalized spacial score (nSPS) is 17.8. The zero-order valence-electron chi connectivity index (χ0n) is 11.7. The van der Waals surface area contributed by atoms with Crippen LogP contribution in [0.2, 0.25) is 0 Å². The van der Waals surface area contributed by atoms with Crippen molar-refractivity contribution in [3.8, 4) is 0 Å². The van der Waals surface area contributed by atoms with Gasteiger partial charge < -0.3 is 15.3 Å². The van der Waals surface area contributed by atoms with E-state index in [0.29, 0.717) is 18.8 Å². The summed E-state index contributed by atoms with van der Waals surface area (Å²) in [6.45, 7) is 0.997. The summed E-state index contributed by atoms with van der Waals surface area (Å²) < 4.78 is 0. The summed E-state index contributed by atoms with van der Waals surface area (Å²) in [5, 5.41) is 23.0. The molecule has 1 aliphatic heterocycles. The molecular weight excluding hydrogens is 274 g/mol. The number of rotatable bonds is 6. The zero-order chi connectivity index (χ0) is 15.2. The van der Waals surface area contributed by atoms with Crippen LogP contribution in [0.25, 0.3) is 0 Å². The summed E-state index contributed by atoms with van der Waals surface area (Å²) in [6, 6.07) is 6.27. The van der Waals surface area contributed by atoms with Gasteiger partial charge in [0.05, 0.1) is 17.6 Å². The Morgan fingerprint density at radius 2 is 2.24 bits per heavy atom. The molecule has 7 nitrogen and oxygen atoms in total. The van der Waals surface area contributed by atoms with Gasteiger partial charge in [-0.2, -0.15) is 0 Å². The SMILES string of the molecule is O=C(CCNc1ccccc1[N+](=O)[O-])N1CCC[C@@H]1CO. The number of nitro groups is 1. The van der Waals surface area contributed by atoms with Crippen molar-refractivity contribution in [3.05, 3.63) is 34.4 Å². The van der Waals surface area contributed by atoms with Gasteiger partial charge in [-0.05, 0) is 18.9 Å². The molecule has 1 atom stereocenters. The summed E-state index contributed by atoms with van der Waals surface area (Å²) in [4.78, 5) is 24.2. The van der Waals surface area contributed by atoms with E-state index in [1.54, 1.807) is 23.1 Å². The molecule has 1 aromatic carbocycles. The van der Waals surface area contributed by atoms with Crippen LogP contribution in [0, 0.1) is 10.1 Å². The maximum absolute atomic E-state index is 12.1. The summed E-state index contributed by atoms with van der Waals surface area (Å²) in [5.74, 6) is -0.0300. The van der Waals surface area contributed by atoms with E-state index in [1.165, 1.54) is 6.07 Å². The van der Waals surface area contributed by atoms with Gasteiger partial charge in [0.1, 0.15) is 5.69 Å². The number of carbonyl (C=O) groups is 1. The lowest BCUT2D eigenvalue weighted by Crippen LogP contribution is -2.38. The van der Waals surface area contributed by atoms with Gasteiger partial charge in [-0.25, -0.2) is 0 Å². The number of carbonyl (C=O) groups excluding carboxylic acids is 1. The first-order valence-corrected chi connectivity index (χ1v) is 7.01. The van der Waals surface area contributed by atoms with Crippen LogP contribution >= 0.6 is 0 Å². The van der Waals surface area contributed by atoms with Crippen molar-refractivity contribution in [1.82, 2.24) is 4.90 Å². The maximum Gasteiger partial charge on any atom is 0.292 e. The Morgan fingerprint density at radius 3 is 2.95 bits per heavy atom. The first-order valence-electron chi connectivity index (χ1n) is 7.01. The van der Waals surface area contributed by atoms with Gasteiger partial charge in [0, 0.05) is 25.6 Å². The average molecular weight is 293 g/mol. The number of para-hydroxylation sites is 2. The lowest BCUT2D eigenvalue weighted by molar-refractivity contribution is -0.384. The molecule has 1 fully saturated rings. The molecule has 1 saturated heterocycles. The molecule has 1 aliphatic rings. The molecule has 1 amide bonds. The largest absolute Gasteiger partial charge is 0.394 e. The minimum Gasteiger partial charge on any atom is -0.394 e. The van der Waals surface area contributed by atoms with E-state index in [1.807, 2.05) is 0 Å². The monoisotopic (exact) mass is 293 g/mol. The second-order valence-electron chi connectivity index (χ2n) is 5.02. The van der Waals surface area contributed by atoms with Crippen LogP contribution in [-0.4, -0.2) is 46.6 Å². The number of aliphatic hydroxyl groups is 1. The Kier molecular flexibility index (Phi) is 5.10. The number of aliphatic hydroxyl groups excluding tert-OH is 1. The molecular formula is C14H19N3O4. The number of hydrogen-bond donors (Lipinski definition) is 2. The highest BCUT2D eigenvalue weighted by atomic mass is 16.6.